The SMILES string of the molecule is CC(=O)Nc1[c-]cc(C)cc1.CC(=O)Nc1[c-]cc(C)cc1.CC(=O)O.CC(=O)O.[Pd].[Pd]. The summed E-state index contributed by atoms with van der Waals surface area (Å²) in [5.74, 6) is -1.80. The number of anilines is 2. The van der Waals surface area contributed by atoms with Crippen LogP contribution in [-0.4, -0.2) is 34.0 Å². The van der Waals surface area contributed by atoms with E-state index in [4.69, 9.17) is 19.8 Å². The average Bonchev–Trinajstić information content (AvgIpc) is 2.58. The summed E-state index contributed by atoms with van der Waals surface area (Å²) < 4.78 is 0. The van der Waals surface area contributed by atoms with Crippen molar-refractivity contribution in [2.24, 2.45) is 0 Å². The van der Waals surface area contributed by atoms with Crippen molar-refractivity contribution in [2.45, 2.75) is 41.5 Å². The van der Waals surface area contributed by atoms with Crippen molar-refractivity contribution in [1.29, 1.82) is 0 Å². The number of benzene rings is 2. The minimum Gasteiger partial charge on any atom is -0.481 e. The topological polar surface area (TPSA) is 133 Å². The van der Waals surface area contributed by atoms with Crippen molar-refractivity contribution in [3.63, 3.8) is 0 Å². The van der Waals surface area contributed by atoms with Gasteiger partial charge in [0.05, 0.1) is 0 Å². The van der Waals surface area contributed by atoms with Crippen molar-refractivity contribution >= 4 is 35.1 Å². The molecule has 0 radical (unpaired) electrons. The second-order valence-corrected chi connectivity index (χ2v) is 5.96. The third kappa shape index (κ3) is 29.8. The van der Waals surface area contributed by atoms with E-state index in [-0.39, 0.29) is 52.7 Å². The van der Waals surface area contributed by atoms with Gasteiger partial charge in [-0.25, -0.2) is 0 Å². The van der Waals surface area contributed by atoms with Crippen LogP contribution in [0, 0.1) is 26.0 Å². The van der Waals surface area contributed by atoms with Gasteiger partial charge in [0.15, 0.2) is 0 Å². The number of carbonyl (C=O) groups excluding carboxylic acids is 2. The van der Waals surface area contributed by atoms with Gasteiger partial charge >= 0.3 is 0 Å². The summed E-state index contributed by atoms with van der Waals surface area (Å²) >= 11 is 0. The molecule has 0 atom stereocenters. The molecule has 0 bridgehead atoms. The molecule has 0 spiro atoms. The van der Waals surface area contributed by atoms with Gasteiger partial charge in [-0.2, -0.15) is 47.5 Å². The fourth-order valence-corrected chi connectivity index (χ4v) is 1.54. The number of aliphatic carboxylic acids is 2. The number of amides is 2. The minimum atomic E-state index is -0.833. The van der Waals surface area contributed by atoms with Gasteiger partial charge in [-0.05, 0) is 0 Å². The number of hydrogen-bond acceptors (Lipinski definition) is 4. The zero-order chi connectivity index (χ0) is 23.7. The Hall–Kier alpha value is -2.36. The predicted octanol–water partition coefficient (Wildman–Crippen LogP) is 3.68. The molecule has 4 N–H and O–H groups in total. The molecule has 0 fully saturated rings. The van der Waals surface area contributed by atoms with Gasteiger partial charge < -0.3 is 20.8 Å². The number of carboxylic acid groups (broad SMARTS) is 2. The molecule has 10 heteroatoms. The Morgan fingerprint density at radius 3 is 1.06 bits per heavy atom. The monoisotopic (exact) mass is 628 g/mol. The second-order valence-electron chi connectivity index (χ2n) is 5.96. The van der Waals surface area contributed by atoms with E-state index in [0.29, 0.717) is 0 Å². The number of nitrogens with one attached hydrogen (secondary N) is 2. The van der Waals surface area contributed by atoms with Crippen LogP contribution in [0.25, 0.3) is 0 Å². The Labute approximate surface area is 216 Å². The van der Waals surface area contributed by atoms with Crippen molar-refractivity contribution in [2.75, 3.05) is 10.6 Å². The molecule has 0 heterocycles. The van der Waals surface area contributed by atoms with Gasteiger partial charge in [-0.1, -0.05) is 25.2 Å². The van der Waals surface area contributed by atoms with Crippen LogP contribution >= 0.6 is 0 Å². The minimum absolute atomic E-state index is 0. The van der Waals surface area contributed by atoms with Gasteiger partial charge in [0.2, 0.25) is 11.8 Å². The Morgan fingerprint density at radius 2 is 0.906 bits per heavy atom. The van der Waals surface area contributed by atoms with Crippen LogP contribution in [-0.2, 0) is 60.0 Å². The molecule has 0 aliphatic heterocycles. The predicted molar refractivity (Wildman–Crippen MR) is 115 cm³/mol. The smallest absolute Gasteiger partial charge is 0.300 e. The molecule has 0 aliphatic carbocycles. The first-order valence-corrected chi connectivity index (χ1v) is 8.74. The van der Waals surface area contributed by atoms with Crippen molar-refractivity contribution < 1.29 is 70.2 Å². The second kappa shape index (κ2) is 21.9. The largest absolute Gasteiger partial charge is 0.481 e. The van der Waals surface area contributed by atoms with Gasteiger partial charge in [-0.3, -0.25) is 19.2 Å². The van der Waals surface area contributed by atoms with Crippen LogP contribution < -0.4 is 10.6 Å². The van der Waals surface area contributed by atoms with E-state index in [9.17, 15) is 9.59 Å². The molecule has 32 heavy (non-hydrogen) atoms. The Bertz CT molecular complexity index is 733. The molecule has 0 saturated carbocycles. The molecule has 2 amide bonds. The quantitative estimate of drug-likeness (QED) is 0.296. The zero-order valence-electron chi connectivity index (χ0n) is 18.6. The van der Waals surface area contributed by atoms with E-state index < -0.39 is 11.9 Å². The maximum Gasteiger partial charge on any atom is 0.300 e. The van der Waals surface area contributed by atoms with Crippen molar-refractivity contribution in [3.8, 4) is 0 Å². The molecule has 2 aromatic rings. The summed E-state index contributed by atoms with van der Waals surface area (Å²) in [5, 5.41) is 20.1. The fraction of sp³-hybridized carbons (Fsp3) is 0.273. The molecule has 2 rings (SSSR count). The first-order valence-electron chi connectivity index (χ1n) is 8.74. The van der Waals surface area contributed by atoms with Gasteiger partial charge in [-0.15, -0.1) is 12.1 Å². The molecular formula is C22H28N2O6Pd2-2. The summed E-state index contributed by atoms with van der Waals surface area (Å²) in [6, 6.07) is 17.1. The van der Waals surface area contributed by atoms with E-state index >= 15 is 0 Å². The molecule has 0 aromatic heterocycles. The van der Waals surface area contributed by atoms with Crippen molar-refractivity contribution in [1.82, 2.24) is 0 Å². The van der Waals surface area contributed by atoms with E-state index in [0.717, 1.165) is 36.3 Å². The molecule has 184 valence electrons. The summed E-state index contributed by atoms with van der Waals surface area (Å²) in [6.07, 6.45) is 0. The number of hydrogen-bond donors (Lipinski definition) is 4. The third-order valence-electron chi connectivity index (χ3n) is 2.56. The Balaban J connectivity index is -0.000000177. The first-order chi connectivity index (χ1) is 13.8. The average molecular weight is 629 g/mol. The van der Waals surface area contributed by atoms with Crippen LogP contribution in [0.5, 0.6) is 0 Å². The molecule has 8 nitrogen and oxygen atoms in total. The Morgan fingerprint density at radius 1 is 0.656 bits per heavy atom. The number of carboxylic acids is 2. The van der Waals surface area contributed by atoms with Gasteiger partial charge in [0.25, 0.3) is 11.9 Å². The number of carbonyl (C=O) groups is 4. The first kappa shape index (κ1) is 37.0. The summed E-state index contributed by atoms with van der Waals surface area (Å²) in [7, 11) is 0. The summed E-state index contributed by atoms with van der Waals surface area (Å²) in [6.45, 7) is 9.09. The van der Waals surface area contributed by atoms with Crippen molar-refractivity contribution in [3.05, 3.63) is 59.7 Å². The Kier molecular flexibility index (Phi) is 25.3. The van der Waals surface area contributed by atoms with Crippen LogP contribution in [0.1, 0.15) is 38.8 Å². The maximum atomic E-state index is 10.6. The van der Waals surface area contributed by atoms with E-state index in [1.165, 1.54) is 13.8 Å². The maximum absolute atomic E-state index is 10.6. The third-order valence-corrected chi connectivity index (χ3v) is 2.56. The molecule has 0 saturated heterocycles. The standard InChI is InChI=1S/2C9H10NO.2C2H4O2.2Pd/c2*1-7-3-5-9(6-4-7)10-8(2)11;2*1-2(3)4;;/h2*3-5H,1-2H3,(H,10,11);2*1H3,(H,3,4);;/q2*-1;;;;. The van der Waals surface area contributed by atoms with Crippen LogP contribution in [0.2, 0.25) is 0 Å². The summed E-state index contributed by atoms with van der Waals surface area (Å²) in [5.41, 5.74) is 3.73. The van der Waals surface area contributed by atoms with Crippen LogP contribution in [0.3, 0.4) is 0 Å². The van der Waals surface area contributed by atoms with E-state index in [1.54, 1.807) is 0 Å². The van der Waals surface area contributed by atoms with Crippen LogP contribution in [0.15, 0.2) is 36.4 Å². The van der Waals surface area contributed by atoms with Crippen LogP contribution in [0.4, 0.5) is 11.4 Å². The molecule has 0 aliphatic rings. The molecular weight excluding hydrogens is 601 g/mol. The molecule has 2 aromatic carbocycles. The van der Waals surface area contributed by atoms with E-state index in [1.807, 2.05) is 50.2 Å². The van der Waals surface area contributed by atoms with E-state index in [2.05, 4.69) is 22.8 Å². The normalized spacial score (nSPS) is 7.94. The van der Waals surface area contributed by atoms with Gasteiger partial charge in [0, 0.05) is 68.5 Å². The number of rotatable bonds is 2. The fourth-order valence-electron chi connectivity index (χ4n) is 1.54. The summed E-state index contributed by atoms with van der Waals surface area (Å²) in [4.78, 5) is 39.1. The van der Waals surface area contributed by atoms with Gasteiger partial charge in [0.1, 0.15) is 0 Å². The number of aryl methyl sites for hydroxylation is 2. The zero-order valence-corrected chi connectivity index (χ0v) is 21.7. The molecule has 0 unspecified atom stereocenters.